The molecule has 0 aromatic carbocycles. The molecule has 0 aliphatic carbocycles. The molecule has 0 bridgehead atoms. The number of rotatable bonds is 43. The topological polar surface area (TPSA) is 68.2 Å². The second-order valence-corrected chi connectivity index (χ2v) is 17.6. The third kappa shape index (κ3) is 40.8. The van der Waals surface area contributed by atoms with Crippen LogP contribution in [0.25, 0.3) is 0 Å². The van der Waals surface area contributed by atoms with E-state index in [9.17, 15) is 9.46 Å². The van der Waals surface area contributed by atoms with Crippen LogP contribution in [-0.2, 0) is 18.6 Å². The Balaban J connectivity index is 3.92. The van der Waals surface area contributed by atoms with Gasteiger partial charge in [0.05, 0.1) is 19.4 Å². The van der Waals surface area contributed by atoms with Gasteiger partial charge in [0.15, 0.2) is 0 Å². The molecule has 0 rings (SSSR count). The Morgan fingerprint density at radius 1 is 0.480 bits per heavy atom. The highest BCUT2D eigenvalue weighted by Crippen LogP contribution is 2.41. The average molecular weight is 732 g/mol. The highest BCUT2D eigenvalue weighted by Gasteiger charge is 2.22. The first-order chi connectivity index (χ1) is 24.4. The molecule has 0 spiro atoms. The Kier molecular flexibility index (Phi) is 40.2. The minimum absolute atomic E-state index is 0.110. The largest absolute Gasteiger partial charge is 0.379 e. The highest BCUT2D eigenvalue weighted by atomic mass is 31.2. The van der Waals surface area contributed by atoms with E-state index in [1.54, 1.807) is 0 Å². The number of hydrogen-bond acceptors (Lipinski definition) is 5. The third-order valence-electron chi connectivity index (χ3n) is 10.1. The van der Waals surface area contributed by atoms with Gasteiger partial charge in [-0.15, -0.1) is 0 Å². The van der Waals surface area contributed by atoms with Crippen molar-refractivity contribution >= 4 is 7.60 Å². The number of hydrogen-bond donors (Lipinski definition) is 1. The van der Waals surface area contributed by atoms with Gasteiger partial charge < -0.3 is 23.8 Å². The molecule has 0 heterocycles. The Labute approximate surface area is 313 Å². The smallest absolute Gasteiger partial charge is 0.329 e. The predicted octanol–water partition coefficient (Wildman–Crippen LogP) is 13.7. The molecule has 6 nitrogen and oxygen atoms in total. The molecule has 1 unspecified atom stereocenters. The van der Waals surface area contributed by atoms with Crippen LogP contribution in [0.15, 0.2) is 0 Å². The quantitative estimate of drug-likeness (QED) is 0.0497. The van der Waals surface area contributed by atoms with E-state index in [1.807, 2.05) is 19.0 Å². The van der Waals surface area contributed by atoms with Crippen molar-refractivity contribution in [3.05, 3.63) is 0 Å². The van der Waals surface area contributed by atoms with E-state index in [1.165, 1.54) is 193 Å². The van der Waals surface area contributed by atoms with Gasteiger partial charge in [-0.1, -0.05) is 206 Å². The summed E-state index contributed by atoms with van der Waals surface area (Å²) in [7, 11) is 0.165. The first kappa shape index (κ1) is 50.0. The van der Waals surface area contributed by atoms with Crippen molar-refractivity contribution < 1.29 is 23.5 Å². The molecule has 0 saturated heterocycles. The fourth-order valence-corrected chi connectivity index (χ4v) is 7.78. The van der Waals surface area contributed by atoms with Crippen molar-refractivity contribution in [1.82, 2.24) is 4.90 Å². The lowest BCUT2D eigenvalue weighted by Crippen LogP contribution is -2.27. The van der Waals surface area contributed by atoms with Gasteiger partial charge in [0, 0.05) is 19.8 Å². The van der Waals surface area contributed by atoms with Crippen molar-refractivity contribution in [3.63, 3.8) is 0 Å². The molecule has 0 aromatic rings. The molecular formula is C43H90NO5P. The maximum Gasteiger partial charge on any atom is 0.329 e. The molecule has 7 heteroatoms. The zero-order valence-electron chi connectivity index (χ0n) is 34.4. The van der Waals surface area contributed by atoms with Gasteiger partial charge in [-0.25, -0.2) is 0 Å². The molecule has 0 aliphatic heterocycles. The van der Waals surface area contributed by atoms with Crippen LogP contribution in [-0.4, -0.2) is 69.1 Å². The van der Waals surface area contributed by atoms with E-state index in [0.29, 0.717) is 19.8 Å². The summed E-state index contributed by atoms with van der Waals surface area (Å²) in [6.45, 7) is 7.00. The van der Waals surface area contributed by atoms with E-state index in [2.05, 4.69) is 13.8 Å². The van der Waals surface area contributed by atoms with Gasteiger partial charge in [-0.2, -0.15) is 0 Å². The van der Waals surface area contributed by atoms with E-state index in [4.69, 9.17) is 14.0 Å². The maximum atomic E-state index is 12.5. The minimum Gasteiger partial charge on any atom is -0.379 e. The third-order valence-corrected chi connectivity index (χ3v) is 11.4. The zero-order valence-corrected chi connectivity index (χ0v) is 35.3. The molecule has 302 valence electrons. The van der Waals surface area contributed by atoms with Crippen LogP contribution in [0.5, 0.6) is 0 Å². The molecule has 0 radical (unpaired) electrons. The second-order valence-electron chi connectivity index (χ2n) is 15.6. The molecule has 50 heavy (non-hydrogen) atoms. The van der Waals surface area contributed by atoms with Crippen molar-refractivity contribution in [2.45, 2.75) is 225 Å². The Hall–Kier alpha value is 0.0300. The summed E-state index contributed by atoms with van der Waals surface area (Å²) in [5, 5.41) is 0. The van der Waals surface area contributed by atoms with Crippen molar-refractivity contribution in [2.24, 2.45) is 0 Å². The maximum absolute atomic E-state index is 12.5. The van der Waals surface area contributed by atoms with E-state index in [0.717, 1.165) is 19.4 Å². The molecule has 0 saturated carbocycles. The summed E-state index contributed by atoms with van der Waals surface area (Å²) < 4.78 is 30.1. The van der Waals surface area contributed by atoms with E-state index in [-0.39, 0.29) is 18.9 Å². The van der Waals surface area contributed by atoms with Crippen LogP contribution in [0, 0.1) is 0 Å². The normalized spacial score (nSPS) is 13.7. The lowest BCUT2D eigenvalue weighted by Gasteiger charge is -2.21. The molecular weight excluding hydrogens is 641 g/mol. The summed E-state index contributed by atoms with van der Waals surface area (Å²) in [4.78, 5) is 12.2. The monoisotopic (exact) mass is 732 g/mol. The fraction of sp³-hybridized carbons (Fsp3) is 1.00. The van der Waals surface area contributed by atoms with E-state index < -0.39 is 7.60 Å². The van der Waals surface area contributed by atoms with Gasteiger partial charge >= 0.3 is 7.60 Å². The van der Waals surface area contributed by atoms with Crippen molar-refractivity contribution in [3.8, 4) is 0 Å². The Bertz CT molecular complexity index is 694. The number of ether oxygens (including phenoxy) is 2. The van der Waals surface area contributed by atoms with Crippen LogP contribution in [0.4, 0.5) is 0 Å². The zero-order chi connectivity index (χ0) is 36.6. The molecule has 1 N–H and O–H groups in total. The SMILES string of the molecule is CCCCCCCCCCCCCCCCCCOC[C@H](COP(=O)(O)CCN(C)C)OCCCCCCCCCCCCCCCCCC. The minimum atomic E-state index is -3.63. The first-order valence-electron chi connectivity index (χ1n) is 22.2. The summed E-state index contributed by atoms with van der Waals surface area (Å²) in [6.07, 6.45) is 43.2. The Morgan fingerprint density at radius 3 is 1.14 bits per heavy atom. The summed E-state index contributed by atoms with van der Waals surface area (Å²) in [5.74, 6) is 0. The molecule has 0 fully saturated rings. The van der Waals surface area contributed by atoms with Crippen LogP contribution in [0.1, 0.15) is 219 Å². The number of unbranched alkanes of at least 4 members (excludes halogenated alkanes) is 30. The summed E-state index contributed by atoms with van der Waals surface area (Å²) in [5.41, 5.74) is 0. The second kappa shape index (κ2) is 40.2. The first-order valence-corrected chi connectivity index (χ1v) is 24.0. The van der Waals surface area contributed by atoms with Crippen LogP contribution in [0.2, 0.25) is 0 Å². The van der Waals surface area contributed by atoms with Crippen LogP contribution in [0.3, 0.4) is 0 Å². The van der Waals surface area contributed by atoms with Crippen LogP contribution < -0.4 is 0 Å². The highest BCUT2D eigenvalue weighted by molar-refractivity contribution is 7.52. The lowest BCUT2D eigenvalue weighted by atomic mass is 10.0. The van der Waals surface area contributed by atoms with E-state index >= 15 is 0 Å². The molecule has 0 amide bonds. The number of nitrogens with zero attached hydrogens (tertiary/aromatic N) is 1. The lowest BCUT2D eigenvalue weighted by molar-refractivity contribution is -0.0403. The standard InChI is InChI=1S/C43H90NO5P/c1-5-7-9-11-13-15-17-19-21-23-25-27-29-31-33-35-38-47-41-43(42-49-50(45,46)40-37-44(3)4)48-39-36-34-32-30-28-26-24-22-20-18-16-14-12-10-8-6-2/h43H,5-42H2,1-4H3,(H,45,46)/t43-/m1/s1. The van der Waals surface area contributed by atoms with Gasteiger partial charge in [0.1, 0.15) is 6.10 Å². The average Bonchev–Trinajstić information content (AvgIpc) is 3.10. The molecule has 0 aromatic heterocycles. The summed E-state index contributed by atoms with van der Waals surface area (Å²) >= 11 is 0. The van der Waals surface area contributed by atoms with Gasteiger partial charge in [0.25, 0.3) is 0 Å². The van der Waals surface area contributed by atoms with Crippen LogP contribution >= 0.6 is 7.60 Å². The predicted molar refractivity (Wildman–Crippen MR) is 219 cm³/mol. The van der Waals surface area contributed by atoms with Crippen molar-refractivity contribution in [2.75, 3.05) is 53.2 Å². The van der Waals surface area contributed by atoms with Crippen molar-refractivity contribution in [1.29, 1.82) is 0 Å². The summed E-state index contributed by atoms with van der Waals surface area (Å²) in [6, 6.07) is 0. The van der Waals surface area contributed by atoms with Gasteiger partial charge in [-0.3, -0.25) is 4.57 Å². The van der Waals surface area contributed by atoms with Gasteiger partial charge in [0.2, 0.25) is 0 Å². The Morgan fingerprint density at radius 2 is 0.800 bits per heavy atom. The molecule has 0 aliphatic rings. The van der Waals surface area contributed by atoms with Gasteiger partial charge in [-0.05, 0) is 26.9 Å². The molecule has 2 atom stereocenters. The fourth-order valence-electron chi connectivity index (χ4n) is 6.60.